The van der Waals surface area contributed by atoms with Gasteiger partial charge in [-0.25, -0.2) is 0 Å². The number of carbonyl (C=O) groups excluding carboxylic acids is 1. The average molecular weight is 239 g/mol. The van der Waals surface area contributed by atoms with Gasteiger partial charge in [0.2, 0.25) is 0 Å². The summed E-state index contributed by atoms with van der Waals surface area (Å²) in [5, 5.41) is 5.58. The first-order valence-corrected chi connectivity index (χ1v) is 5.84. The Morgan fingerprint density at radius 1 is 1.22 bits per heavy atom. The predicted molar refractivity (Wildman–Crippen MR) is 72.2 cm³/mol. The smallest absolute Gasteiger partial charge is 0.310 e. The van der Waals surface area contributed by atoms with Gasteiger partial charge in [0.25, 0.3) is 0 Å². The SMILES string of the molecule is COC(=O)CC1=CNc2cccc3cccc1c23. The van der Waals surface area contributed by atoms with E-state index < -0.39 is 0 Å². The zero-order chi connectivity index (χ0) is 12.5. The third-order valence-electron chi connectivity index (χ3n) is 3.22. The van der Waals surface area contributed by atoms with E-state index in [0.29, 0.717) is 0 Å². The van der Waals surface area contributed by atoms with E-state index in [2.05, 4.69) is 17.4 Å². The standard InChI is InChI=1S/C15H13NO2/c1-18-14(17)8-11-9-16-13-7-3-5-10-4-2-6-12(11)15(10)13/h2-7,9,16H,8H2,1H3. The largest absolute Gasteiger partial charge is 0.469 e. The van der Waals surface area contributed by atoms with Crippen LogP contribution in [0.1, 0.15) is 12.0 Å². The van der Waals surface area contributed by atoms with Gasteiger partial charge in [0, 0.05) is 17.3 Å². The molecule has 90 valence electrons. The van der Waals surface area contributed by atoms with E-state index in [9.17, 15) is 4.79 Å². The molecule has 0 atom stereocenters. The molecule has 3 rings (SSSR count). The number of carbonyl (C=O) groups is 1. The highest BCUT2D eigenvalue weighted by Gasteiger charge is 2.16. The molecule has 0 saturated carbocycles. The van der Waals surface area contributed by atoms with E-state index in [1.807, 2.05) is 30.5 Å². The first-order valence-electron chi connectivity index (χ1n) is 5.84. The lowest BCUT2D eigenvalue weighted by Gasteiger charge is -2.19. The molecule has 0 amide bonds. The fraction of sp³-hybridized carbons (Fsp3) is 0.133. The van der Waals surface area contributed by atoms with Gasteiger partial charge in [0.1, 0.15) is 0 Å². The van der Waals surface area contributed by atoms with Gasteiger partial charge in [-0.1, -0.05) is 30.3 Å². The normalized spacial score (nSPS) is 12.8. The lowest BCUT2D eigenvalue weighted by atomic mass is 9.93. The summed E-state index contributed by atoms with van der Waals surface area (Å²) in [5.41, 5.74) is 3.15. The third kappa shape index (κ3) is 1.64. The van der Waals surface area contributed by atoms with Crippen molar-refractivity contribution in [1.29, 1.82) is 0 Å². The van der Waals surface area contributed by atoms with Gasteiger partial charge >= 0.3 is 5.97 Å². The molecular formula is C15H13NO2. The van der Waals surface area contributed by atoms with Crippen LogP contribution in [0.3, 0.4) is 0 Å². The lowest BCUT2D eigenvalue weighted by molar-refractivity contribution is -0.139. The molecule has 3 nitrogen and oxygen atoms in total. The number of ether oxygens (including phenoxy) is 1. The highest BCUT2D eigenvalue weighted by molar-refractivity contribution is 6.06. The Morgan fingerprint density at radius 2 is 2.00 bits per heavy atom. The summed E-state index contributed by atoms with van der Waals surface area (Å²) in [5.74, 6) is -0.223. The molecule has 0 bridgehead atoms. The maximum Gasteiger partial charge on any atom is 0.310 e. The molecule has 1 aliphatic rings. The number of esters is 1. The van der Waals surface area contributed by atoms with Crippen LogP contribution in [0.2, 0.25) is 0 Å². The number of rotatable bonds is 2. The fourth-order valence-electron chi connectivity index (χ4n) is 2.35. The number of methoxy groups -OCH3 is 1. The van der Waals surface area contributed by atoms with Crippen molar-refractivity contribution in [3.8, 4) is 0 Å². The van der Waals surface area contributed by atoms with Crippen molar-refractivity contribution < 1.29 is 9.53 Å². The molecule has 3 heteroatoms. The maximum atomic E-state index is 11.4. The van der Waals surface area contributed by atoms with Crippen LogP contribution in [0.25, 0.3) is 16.3 Å². The minimum absolute atomic E-state index is 0.223. The number of nitrogens with one attached hydrogen (secondary N) is 1. The van der Waals surface area contributed by atoms with E-state index in [1.54, 1.807) is 0 Å². The van der Waals surface area contributed by atoms with Crippen molar-refractivity contribution in [1.82, 2.24) is 0 Å². The molecule has 2 aromatic rings. The first-order chi connectivity index (χ1) is 8.79. The Bertz CT molecular complexity index is 653. The molecule has 0 saturated heterocycles. The molecular weight excluding hydrogens is 226 g/mol. The van der Waals surface area contributed by atoms with Crippen LogP contribution in [-0.2, 0) is 9.53 Å². The number of benzene rings is 2. The molecule has 0 spiro atoms. The zero-order valence-electron chi connectivity index (χ0n) is 10.1. The predicted octanol–water partition coefficient (Wildman–Crippen LogP) is 3.17. The molecule has 1 aliphatic heterocycles. The van der Waals surface area contributed by atoms with Crippen molar-refractivity contribution in [2.75, 3.05) is 12.4 Å². The van der Waals surface area contributed by atoms with Gasteiger partial charge < -0.3 is 10.1 Å². The summed E-state index contributed by atoms with van der Waals surface area (Å²) >= 11 is 0. The Morgan fingerprint density at radius 3 is 2.78 bits per heavy atom. The zero-order valence-corrected chi connectivity index (χ0v) is 10.1. The van der Waals surface area contributed by atoms with Crippen molar-refractivity contribution in [2.45, 2.75) is 6.42 Å². The Balaban J connectivity index is 2.14. The summed E-state index contributed by atoms with van der Waals surface area (Å²) in [6, 6.07) is 12.3. The quantitative estimate of drug-likeness (QED) is 0.818. The van der Waals surface area contributed by atoms with E-state index in [-0.39, 0.29) is 12.4 Å². The summed E-state index contributed by atoms with van der Waals surface area (Å²) in [4.78, 5) is 11.4. The third-order valence-corrected chi connectivity index (χ3v) is 3.22. The second-order valence-electron chi connectivity index (χ2n) is 4.28. The molecule has 0 aliphatic carbocycles. The lowest BCUT2D eigenvalue weighted by Crippen LogP contribution is -2.06. The van der Waals surface area contributed by atoms with Crippen molar-refractivity contribution in [3.05, 3.63) is 48.2 Å². The van der Waals surface area contributed by atoms with Crippen molar-refractivity contribution in [3.63, 3.8) is 0 Å². The first kappa shape index (κ1) is 10.8. The van der Waals surface area contributed by atoms with E-state index >= 15 is 0 Å². The monoisotopic (exact) mass is 239 g/mol. The minimum atomic E-state index is -0.223. The van der Waals surface area contributed by atoms with Gasteiger partial charge in [-0.2, -0.15) is 0 Å². The van der Waals surface area contributed by atoms with Crippen LogP contribution in [0.15, 0.2) is 42.6 Å². The number of hydrogen-bond donors (Lipinski definition) is 1. The molecule has 0 unspecified atom stereocenters. The van der Waals surface area contributed by atoms with Crippen LogP contribution in [0, 0.1) is 0 Å². The van der Waals surface area contributed by atoms with Crippen LogP contribution in [0.5, 0.6) is 0 Å². The second kappa shape index (κ2) is 4.18. The topological polar surface area (TPSA) is 38.3 Å². The summed E-state index contributed by atoms with van der Waals surface area (Å²) in [7, 11) is 1.41. The Kier molecular flexibility index (Phi) is 2.52. The Hall–Kier alpha value is -2.29. The van der Waals surface area contributed by atoms with Gasteiger partial charge in [-0.15, -0.1) is 0 Å². The average Bonchev–Trinajstić information content (AvgIpc) is 2.42. The summed E-state index contributed by atoms with van der Waals surface area (Å²) < 4.78 is 4.73. The minimum Gasteiger partial charge on any atom is -0.469 e. The summed E-state index contributed by atoms with van der Waals surface area (Å²) in [6.45, 7) is 0. The van der Waals surface area contributed by atoms with Crippen molar-refractivity contribution in [2.24, 2.45) is 0 Å². The van der Waals surface area contributed by atoms with Crippen LogP contribution in [-0.4, -0.2) is 13.1 Å². The highest BCUT2D eigenvalue weighted by atomic mass is 16.5. The summed E-state index contributed by atoms with van der Waals surface area (Å²) in [6.07, 6.45) is 2.17. The van der Waals surface area contributed by atoms with Gasteiger partial charge in [-0.05, 0) is 22.6 Å². The van der Waals surface area contributed by atoms with Crippen LogP contribution < -0.4 is 5.32 Å². The molecule has 2 aromatic carbocycles. The second-order valence-corrected chi connectivity index (χ2v) is 4.28. The Labute approximate surface area is 105 Å². The van der Waals surface area contributed by atoms with E-state index in [4.69, 9.17) is 4.74 Å². The van der Waals surface area contributed by atoms with E-state index in [0.717, 1.165) is 16.8 Å². The molecule has 1 heterocycles. The van der Waals surface area contributed by atoms with Gasteiger partial charge in [0.15, 0.2) is 0 Å². The van der Waals surface area contributed by atoms with Crippen molar-refractivity contribution >= 4 is 28.0 Å². The highest BCUT2D eigenvalue weighted by Crippen LogP contribution is 2.36. The molecule has 0 radical (unpaired) electrons. The van der Waals surface area contributed by atoms with Crippen LogP contribution >= 0.6 is 0 Å². The van der Waals surface area contributed by atoms with Gasteiger partial charge in [0.05, 0.1) is 13.5 Å². The molecule has 18 heavy (non-hydrogen) atoms. The molecule has 1 N–H and O–H groups in total. The number of hydrogen-bond acceptors (Lipinski definition) is 3. The number of anilines is 1. The molecule has 0 aromatic heterocycles. The van der Waals surface area contributed by atoms with Crippen LogP contribution in [0.4, 0.5) is 5.69 Å². The molecule has 0 fully saturated rings. The maximum absolute atomic E-state index is 11.4. The fourth-order valence-corrected chi connectivity index (χ4v) is 2.35. The van der Waals surface area contributed by atoms with E-state index in [1.165, 1.54) is 17.9 Å². The van der Waals surface area contributed by atoms with Gasteiger partial charge in [-0.3, -0.25) is 4.79 Å².